The molecule has 0 saturated heterocycles. The van der Waals surface area contributed by atoms with Crippen molar-refractivity contribution in [3.63, 3.8) is 0 Å². The average Bonchev–Trinajstić information content (AvgIpc) is 2.97. The predicted octanol–water partition coefficient (Wildman–Crippen LogP) is 8.31. The standard InChI is InChI=1S/C34H26N2/c1-2-10-23(11-3-1)34-35-21-20-33(36-34)31-17-9-4-12-25(31)24-18-19-30-28-15-6-5-13-26(28)27-14-7-8-16-29(27)32(30)22-24/h1-19,21,24,34H,20,22H2. The summed E-state index contributed by atoms with van der Waals surface area (Å²) in [6, 6.07) is 36.8. The van der Waals surface area contributed by atoms with Crippen molar-refractivity contribution in [1.82, 2.24) is 0 Å². The van der Waals surface area contributed by atoms with E-state index in [1.165, 1.54) is 43.8 Å². The molecule has 2 nitrogen and oxygen atoms in total. The van der Waals surface area contributed by atoms with Crippen LogP contribution in [0.3, 0.4) is 0 Å². The van der Waals surface area contributed by atoms with Crippen molar-refractivity contribution >= 4 is 39.5 Å². The van der Waals surface area contributed by atoms with Gasteiger partial charge in [0.2, 0.25) is 0 Å². The van der Waals surface area contributed by atoms with Crippen molar-refractivity contribution in [2.24, 2.45) is 9.98 Å². The molecule has 1 aliphatic heterocycles. The quantitative estimate of drug-likeness (QED) is 0.241. The molecule has 5 aromatic carbocycles. The Labute approximate surface area is 211 Å². The van der Waals surface area contributed by atoms with E-state index in [9.17, 15) is 0 Å². The van der Waals surface area contributed by atoms with Gasteiger partial charge in [0.15, 0.2) is 6.17 Å². The van der Waals surface area contributed by atoms with Crippen molar-refractivity contribution in [2.45, 2.75) is 24.9 Å². The van der Waals surface area contributed by atoms with Gasteiger partial charge in [-0.3, -0.25) is 9.98 Å². The minimum atomic E-state index is -0.166. The van der Waals surface area contributed by atoms with Crippen LogP contribution in [0.25, 0.3) is 27.6 Å². The third-order valence-electron chi connectivity index (χ3n) is 7.58. The number of allylic oxidation sites excluding steroid dienone is 1. The van der Waals surface area contributed by atoms with E-state index in [2.05, 4.69) is 114 Å². The van der Waals surface area contributed by atoms with E-state index in [1.54, 1.807) is 0 Å². The average molecular weight is 463 g/mol. The normalized spacial score (nSPS) is 18.8. The van der Waals surface area contributed by atoms with Crippen LogP contribution in [0.4, 0.5) is 0 Å². The van der Waals surface area contributed by atoms with Crippen molar-refractivity contribution in [2.75, 3.05) is 0 Å². The van der Waals surface area contributed by atoms with E-state index in [4.69, 9.17) is 4.99 Å². The summed E-state index contributed by atoms with van der Waals surface area (Å²) in [5.41, 5.74) is 7.65. The zero-order valence-electron chi connectivity index (χ0n) is 20.0. The number of benzene rings is 5. The molecule has 2 aliphatic rings. The first-order chi connectivity index (χ1) is 17.9. The molecule has 36 heavy (non-hydrogen) atoms. The summed E-state index contributed by atoms with van der Waals surface area (Å²) in [5.74, 6) is 0.301. The van der Waals surface area contributed by atoms with Crippen molar-refractivity contribution < 1.29 is 0 Å². The van der Waals surface area contributed by atoms with Crippen molar-refractivity contribution in [1.29, 1.82) is 0 Å². The van der Waals surface area contributed by atoms with E-state index >= 15 is 0 Å². The summed E-state index contributed by atoms with van der Waals surface area (Å²) in [5, 5.41) is 5.38. The predicted molar refractivity (Wildman–Crippen MR) is 152 cm³/mol. The van der Waals surface area contributed by atoms with E-state index in [0.717, 1.165) is 24.1 Å². The van der Waals surface area contributed by atoms with E-state index < -0.39 is 0 Å². The summed E-state index contributed by atoms with van der Waals surface area (Å²) >= 11 is 0. The Hall–Kier alpha value is -4.30. The Bertz CT molecular complexity index is 1690. The van der Waals surface area contributed by atoms with Gasteiger partial charge in [0.1, 0.15) is 0 Å². The van der Waals surface area contributed by atoms with Gasteiger partial charge in [0.05, 0.1) is 5.71 Å². The van der Waals surface area contributed by atoms with E-state index in [0.29, 0.717) is 5.92 Å². The second kappa shape index (κ2) is 8.73. The minimum Gasteiger partial charge on any atom is -0.266 e. The molecular formula is C34H26N2. The molecule has 2 atom stereocenters. The molecule has 172 valence electrons. The molecule has 5 aromatic rings. The highest BCUT2D eigenvalue weighted by atomic mass is 15.0. The fourth-order valence-electron chi connectivity index (χ4n) is 5.89. The van der Waals surface area contributed by atoms with Gasteiger partial charge in [-0.25, -0.2) is 0 Å². The highest BCUT2D eigenvalue weighted by Crippen LogP contribution is 2.41. The second-order valence-electron chi connectivity index (χ2n) is 9.64. The molecular weight excluding hydrogens is 436 g/mol. The summed E-state index contributed by atoms with van der Waals surface area (Å²) in [7, 11) is 0. The van der Waals surface area contributed by atoms with E-state index in [-0.39, 0.29) is 6.17 Å². The van der Waals surface area contributed by atoms with Gasteiger partial charge >= 0.3 is 0 Å². The van der Waals surface area contributed by atoms with Crippen LogP contribution >= 0.6 is 0 Å². The van der Waals surface area contributed by atoms with E-state index in [1.807, 2.05) is 12.3 Å². The Balaban J connectivity index is 1.32. The smallest absolute Gasteiger partial charge is 0.164 e. The van der Waals surface area contributed by atoms with Crippen LogP contribution in [0.5, 0.6) is 0 Å². The number of nitrogens with zero attached hydrogens (tertiary/aromatic N) is 2. The summed E-state index contributed by atoms with van der Waals surface area (Å²) < 4.78 is 0. The molecule has 1 heterocycles. The van der Waals surface area contributed by atoms with Gasteiger partial charge in [0, 0.05) is 18.6 Å². The fraction of sp³-hybridized carbons (Fsp3) is 0.118. The first kappa shape index (κ1) is 21.0. The summed E-state index contributed by atoms with van der Waals surface area (Å²) in [6.07, 6.45) is 8.36. The minimum absolute atomic E-state index is 0.166. The van der Waals surface area contributed by atoms with Crippen LogP contribution in [0, 0.1) is 0 Å². The lowest BCUT2D eigenvalue weighted by atomic mass is 9.79. The zero-order valence-corrected chi connectivity index (χ0v) is 20.0. The third kappa shape index (κ3) is 3.49. The molecule has 0 bridgehead atoms. The number of aliphatic imine (C=N–C) groups is 2. The Morgan fingerprint density at radius 2 is 1.31 bits per heavy atom. The first-order valence-electron chi connectivity index (χ1n) is 12.7. The number of rotatable bonds is 3. The molecule has 0 fully saturated rings. The maximum atomic E-state index is 5.11. The van der Waals surface area contributed by atoms with Crippen LogP contribution in [-0.2, 0) is 6.42 Å². The number of fused-ring (bicyclic) bond motifs is 6. The summed E-state index contributed by atoms with van der Waals surface area (Å²) in [6.45, 7) is 0. The largest absolute Gasteiger partial charge is 0.266 e. The SMILES string of the molecule is C1=CC(c2ccccc2C2=NC(c3ccccc3)N=CC2)Cc2c1c1ccccc1c1ccccc21. The van der Waals surface area contributed by atoms with Gasteiger partial charge in [-0.05, 0) is 55.8 Å². The number of hydrogen-bond donors (Lipinski definition) is 0. The highest BCUT2D eigenvalue weighted by Gasteiger charge is 2.24. The summed E-state index contributed by atoms with van der Waals surface area (Å²) in [4.78, 5) is 9.79. The molecule has 2 unspecified atom stereocenters. The van der Waals surface area contributed by atoms with Gasteiger partial charge in [-0.2, -0.15) is 0 Å². The Morgan fingerprint density at radius 1 is 0.639 bits per heavy atom. The fourth-order valence-corrected chi connectivity index (χ4v) is 5.89. The monoisotopic (exact) mass is 462 g/mol. The molecule has 0 amide bonds. The van der Waals surface area contributed by atoms with Crippen molar-refractivity contribution in [3.05, 3.63) is 137 Å². The van der Waals surface area contributed by atoms with Crippen LogP contribution in [0.1, 0.15) is 46.3 Å². The molecule has 2 heteroatoms. The van der Waals surface area contributed by atoms with Gasteiger partial charge in [-0.1, -0.05) is 115 Å². The molecule has 0 aromatic heterocycles. The maximum Gasteiger partial charge on any atom is 0.164 e. The molecule has 0 N–H and O–H groups in total. The Kier molecular flexibility index (Phi) is 5.10. The molecule has 7 rings (SSSR count). The molecule has 0 radical (unpaired) electrons. The number of hydrogen-bond acceptors (Lipinski definition) is 2. The lowest BCUT2D eigenvalue weighted by Gasteiger charge is -2.26. The highest BCUT2D eigenvalue weighted by molar-refractivity contribution is 6.13. The van der Waals surface area contributed by atoms with Crippen LogP contribution in [-0.4, -0.2) is 11.9 Å². The lowest BCUT2D eigenvalue weighted by molar-refractivity contribution is 0.768. The molecule has 1 aliphatic carbocycles. The van der Waals surface area contributed by atoms with Gasteiger partial charge in [0.25, 0.3) is 0 Å². The van der Waals surface area contributed by atoms with Crippen LogP contribution in [0.15, 0.2) is 119 Å². The zero-order chi connectivity index (χ0) is 23.9. The topological polar surface area (TPSA) is 24.7 Å². The Morgan fingerprint density at radius 3 is 2.14 bits per heavy atom. The molecule has 0 saturated carbocycles. The lowest BCUT2D eigenvalue weighted by Crippen LogP contribution is -2.15. The molecule has 0 spiro atoms. The van der Waals surface area contributed by atoms with Crippen LogP contribution < -0.4 is 0 Å². The maximum absolute atomic E-state index is 5.11. The first-order valence-corrected chi connectivity index (χ1v) is 12.7. The van der Waals surface area contributed by atoms with Gasteiger partial charge < -0.3 is 0 Å². The van der Waals surface area contributed by atoms with Crippen LogP contribution in [0.2, 0.25) is 0 Å². The van der Waals surface area contributed by atoms with Crippen molar-refractivity contribution in [3.8, 4) is 0 Å². The van der Waals surface area contributed by atoms with Gasteiger partial charge in [-0.15, -0.1) is 0 Å². The second-order valence-corrected chi connectivity index (χ2v) is 9.64. The third-order valence-corrected chi connectivity index (χ3v) is 7.58.